The van der Waals surface area contributed by atoms with Crippen LogP contribution in [0.2, 0.25) is 0 Å². The number of rotatable bonds is 4. The predicted octanol–water partition coefficient (Wildman–Crippen LogP) is 3.72. The molecule has 3 heterocycles. The van der Waals surface area contributed by atoms with Crippen molar-refractivity contribution in [3.8, 4) is 11.1 Å². The number of fused-ring (bicyclic) bond motifs is 1. The summed E-state index contributed by atoms with van der Waals surface area (Å²) >= 11 is 0. The molecule has 2 aromatic carbocycles. The Balaban J connectivity index is 0.00000231. The van der Waals surface area contributed by atoms with Gasteiger partial charge in [-0.3, -0.25) is 9.69 Å². The molecule has 0 saturated carbocycles. The van der Waals surface area contributed by atoms with Gasteiger partial charge in [0.2, 0.25) is 0 Å². The van der Waals surface area contributed by atoms with Gasteiger partial charge in [-0.15, -0.1) is 0 Å². The second-order valence-electron chi connectivity index (χ2n) is 8.16. The van der Waals surface area contributed by atoms with Gasteiger partial charge in [-0.2, -0.15) is 13.5 Å². The summed E-state index contributed by atoms with van der Waals surface area (Å²) in [7, 11) is 0. The highest BCUT2D eigenvalue weighted by atomic mass is 32.1. The maximum Gasteiger partial charge on any atom is 0.254 e. The van der Waals surface area contributed by atoms with Crippen molar-refractivity contribution in [1.82, 2.24) is 10.1 Å². The Kier molecular flexibility index (Phi) is 5.68. The third-order valence-electron chi connectivity index (χ3n) is 6.52. The van der Waals surface area contributed by atoms with E-state index in [1.807, 2.05) is 56.3 Å². The number of likely N-dealkylation sites (tertiary alicyclic amines) is 1. The van der Waals surface area contributed by atoms with Gasteiger partial charge < -0.3 is 14.9 Å². The van der Waals surface area contributed by atoms with E-state index in [9.17, 15) is 9.90 Å². The molecule has 1 fully saturated rings. The van der Waals surface area contributed by atoms with E-state index in [0.717, 1.165) is 58.8 Å². The van der Waals surface area contributed by atoms with E-state index < -0.39 is 5.54 Å². The second kappa shape index (κ2) is 8.15. The zero-order chi connectivity index (χ0) is 20.9. The molecule has 31 heavy (non-hydrogen) atoms. The first kappa shape index (κ1) is 21.6. The Bertz CT molecular complexity index is 1100. The Labute approximate surface area is 188 Å². The number of hydrogen-bond donors (Lipinski definition) is 2. The lowest BCUT2D eigenvalue weighted by atomic mass is 9.80. The lowest BCUT2D eigenvalue weighted by Crippen LogP contribution is -2.54. The number of carbonyl (C=O) groups is 1. The quantitative estimate of drug-likeness (QED) is 0.650. The largest absolute Gasteiger partial charge is 0.395 e. The minimum absolute atomic E-state index is 0. The molecule has 0 aliphatic carbocycles. The topological polar surface area (TPSA) is 78.6 Å². The maximum atomic E-state index is 13.7. The van der Waals surface area contributed by atoms with Crippen LogP contribution in [0.3, 0.4) is 0 Å². The average molecular weight is 438 g/mol. The molecule has 0 spiro atoms. The molecule has 2 N–H and O–H groups in total. The number of aliphatic hydroxyl groups excluding tert-OH is 1. The number of hydrogen-bond acceptors (Lipinski definition) is 5. The molecule has 3 aromatic rings. The molecule has 1 unspecified atom stereocenters. The van der Waals surface area contributed by atoms with Crippen LogP contribution in [-0.2, 0) is 10.3 Å². The van der Waals surface area contributed by atoms with Crippen LogP contribution >= 0.6 is 13.5 Å². The molecular weight excluding hydrogens is 410 g/mol. The summed E-state index contributed by atoms with van der Waals surface area (Å²) in [5, 5.41) is 17.3. The van der Waals surface area contributed by atoms with Gasteiger partial charge >= 0.3 is 0 Å². The monoisotopic (exact) mass is 437 g/mol. The first-order valence-electron chi connectivity index (χ1n) is 10.4. The van der Waals surface area contributed by atoms with Crippen LogP contribution in [0, 0.1) is 13.8 Å². The van der Waals surface area contributed by atoms with E-state index >= 15 is 0 Å². The molecule has 2 aliphatic heterocycles. The van der Waals surface area contributed by atoms with E-state index in [4.69, 9.17) is 4.52 Å². The fraction of sp³-hybridized carbons (Fsp3) is 0.333. The SMILES string of the molecule is Cc1noc(C)c1-c1ccc2c(c1)C(c1ccccc1)(N1CCC[C@H]1CO)C(=O)N2.S. The third-order valence-corrected chi connectivity index (χ3v) is 6.52. The minimum Gasteiger partial charge on any atom is -0.395 e. The highest BCUT2D eigenvalue weighted by Gasteiger charge is 2.55. The fourth-order valence-corrected chi connectivity index (χ4v) is 5.22. The smallest absolute Gasteiger partial charge is 0.254 e. The lowest BCUT2D eigenvalue weighted by Gasteiger charge is -2.41. The third kappa shape index (κ3) is 3.11. The summed E-state index contributed by atoms with van der Waals surface area (Å²) in [6.07, 6.45) is 1.82. The number of aryl methyl sites for hydroxylation is 2. The van der Waals surface area contributed by atoms with Crippen molar-refractivity contribution >= 4 is 25.1 Å². The van der Waals surface area contributed by atoms with Gasteiger partial charge in [0.05, 0.1) is 12.3 Å². The number of aromatic nitrogens is 1. The first-order chi connectivity index (χ1) is 14.6. The number of carbonyl (C=O) groups excluding carboxylic acids is 1. The first-order valence-corrected chi connectivity index (χ1v) is 10.4. The van der Waals surface area contributed by atoms with Crippen LogP contribution in [0.1, 0.15) is 35.4 Å². The maximum absolute atomic E-state index is 13.7. The minimum atomic E-state index is -0.977. The van der Waals surface area contributed by atoms with Crippen LogP contribution in [0.15, 0.2) is 53.1 Å². The van der Waals surface area contributed by atoms with Gasteiger partial charge in [0.15, 0.2) is 5.54 Å². The van der Waals surface area contributed by atoms with Crippen molar-refractivity contribution in [3.05, 3.63) is 71.1 Å². The van der Waals surface area contributed by atoms with Crippen molar-refractivity contribution in [1.29, 1.82) is 0 Å². The molecule has 0 radical (unpaired) electrons. The Morgan fingerprint density at radius 1 is 1.23 bits per heavy atom. The summed E-state index contributed by atoms with van der Waals surface area (Å²) in [6, 6.07) is 15.9. The zero-order valence-electron chi connectivity index (χ0n) is 17.7. The molecule has 7 heteroatoms. The Morgan fingerprint density at radius 2 is 2.00 bits per heavy atom. The summed E-state index contributed by atoms with van der Waals surface area (Å²) in [5.41, 5.74) is 4.41. The Hall–Kier alpha value is -2.61. The van der Waals surface area contributed by atoms with Crippen molar-refractivity contribution in [3.63, 3.8) is 0 Å². The van der Waals surface area contributed by atoms with Gasteiger partial charge in [0.1, 0.15) is 5.76 Å². The van der Waals surface area contributed by atoms with E-state index in [1.165, 1.54) is 0 Å². The highest BCUT2D eigenvalue weighted by molar-refractivity contribution is 7.59. The summed E-state index contributed by atoms with van der Waals surface area (Å²) < 4.78 is 5.39. The zero-order valence-corrected chi connectivity index (χ0v) is 18.7. The standard InChI is InChI=1S/C24H25N3O3.H2S/c1-15-22(16(2)30-26-15)17-10-11-21-20(13-17)24(23(29)25-21,18-7-4-3-5-8-18)27-12-6-9-19(27)14-28;/h3-5,7-8,10-11,13,19,28H,6,9,12,14H2,1-2H3,(H,25,29);1H2/t19-,24?;/m0./s1. The lowest BCUT2D eigenvalue weighted by molar-refractivity contribution is -0.126. The number of anilines is 1. The molecule has 2 atom stereocenters. The number of amides is 1. The fourth-order valence-electron chi connectivity index (χ4n) is 5.22. The number of nitrogens with zero attached hydrogens (tertiary/aromatic N) is 2. The highest BCUT2D eigenvalue weighted by Crippen LogP contribution is 2.49. The molecule has 162 valence electrons. The van der Waals surface area contributed by atoms with Gasteiger partial charge in [-0.25, -0.2) is 0 Å². The Morgan fingerprint density at radius 3 is 2.68 bits per heavy atom. The normalized spacial score (nSPS) is 22.8. The van der Waals surface area contributed by atoms with Gasteiger partial charge in [0, 0.05) is 29.4 Å². The van der Waals surface area contributed by atoms with Gasteiger partial charge in [-0.1, -0.05) is 41.6 Å². The van der Waals surface area contributed by atoms with E-state index in [-0.39, 0.29) is 32.1 Å². The van der Waals surface area contributed by atoms with Crippen LogP contribution in [0.4, 0.5) is 5.69 Å². The number of benzene rings is 2. The molecule has 1 saturated heterocycles. The number of aliphatic hydroxyl groups is 1. The summed E-state index contributed by atoms with van der Waals surface area (Å²) in [6.45, 7) is 4.61. The summed E-state index contributed by atoms with van der Waals surface area (Å²) in [5.74, 6) is 0.685. The average Bonchev–Trinajstić information content (AvgIpc) is 3.44. The van der Waals surface area contributed by atoms with E-state index in [1.54, 1.807) is 0 Å². The second-order valence-corrected chi connectivity index (χ2v) is 8.16. The summed E-state index contributed by atoms with van der Waals surface area (Å²) in [4.78, 5) is 15.8. The van der Waals surface area contributed by atoms with Crippen molar-refractivity contribution in [2.24, 2.45) is 0 Å². The van der Waals surface area contributed by atoms with Crippen LogP contribution in [0.5, 0.6) is 0 Å². The molecule has 1 amide bonds. The van der Waals surface area contributed by atoms with Crippen LogP contribution in [0.25, 0.3) is 11.1 Å². The van der Waals surface area contributed by atoms with Crippen LogP contribution < -0.4 is 5.32 Å². The van der Waals surface area contributed by atoms with Crippen molar-refractivity contribution < 1.29 is 14.4 Å². The molecule has 1 aromatic heterocycles. The van der Waals surface area contributed by atoms with Gasteiger partial charge in [-0.05, 0) is 49.9 Å². The van der Waals surface area contributed by atoms with Crippen molar-refractivity contribution in [2.75, 3.05) is 18.5 Å². The number of nitrogens with one attached hydrogen (secondary N) is 1. The predicted molar refractivity (Wildman–Crippen MR) is 124 cm³/mol. The molecule has 2 aliphatic rings. The molecule has 0 bridgehead atoms. The van der Waals surface area contributed by atoms with E-state index in [0.29, 0.717) is 0 Å². The molecule has 6 nitrogen and oxygen atoms in total. The van der Waals surface area contributed by atoms with E-state index in [2.05, 4.69) is 21.4 Å². The van der Waals surface area contributed by atoms with Gasteiger partial charge in [0.25, 0.3) is 5.91 Å². The van der Waals surface area contributed by atoms with Crippen molar-refractivity contribution in [2.45, 2.75) is 38.3 Å². The molecule has 5 rings (SSSR count). The van der Waals surface area contributed by atoms with Crippen LogP contribution in [-0.4, -0.2) is 40.3 Å². The molecular formula is C24H27N3O3S.